The molecule has 0 aromatic carbocycles. The van der Waals surface area contributed by atoms with Crippen LogP contribution in [0.3, 0.4) is 0 Å². The average Bonchev–Trinajstić information content (AvgIpc) is 2.83. The zero-order chi connectivity index (χ0) is 15.1. The lowest BCUT2D eigenvalue weighted by Gasteiger charge is -2.04. The topological polar surface area (TPSA) is 114 Å². The summed E-state index contributed by atoms with van der Waals surface area (Å²) >= 11 is 2.89. The number of sulfonamides is 1. The molecule has 20 heavy (non-hydrogen) atoms. The Morgan fingerprint density at radius 3 is 2.65 bits per heavy atom. The molecule has 2 heterocycles. The van der Waals surface area contributed by atoms with Crippen molar-refractivity contribution in [3.63, 3.8) is 0 Å². The van der Waals surface area contributed by atoms with Crippen LogP contribution in [0.4, 0.5) is 5.69 Å². The number of nitrogens with one attached hydrogen (secondary N) is 1. The number of hydrogen-bond donors (Lipinski definition) is 2. The highest BCUT2D eigenvalue weighted by atomic mass is 79.9. The maximum Gasteiger partial charge on any atom is 0.371 e. The second-order valence-electron chi connectivity index (χ2n) is 3.96. The zero-order valence-corrected chi connectivity index (χ0v) is 12.8. The van der Waals surface area contributed by atoms with Crippen LogP contribution < -0.4 is 4.72 Å². The second kappa shape index (κ2) is 4.94. The van der Waals surface area contributed by atoms with Crippen LogP contribution in [0.1, 0.15) is 16.2 Å². The normalized spacial score (nSPS) is 11.6. The van der Waals surface area contributed by atoms with Gasteiger partial charge in [0.15, 0.2) is 4.67 Å². The Morgan fingerprint density at radius 2 is 2.20 bits per heavy atom. The van der Waals surface area contributed by atoms with Gasteiger partial charge in [0, 0.05) is 19.3 Å². The van der Waals surface area contributed by atoms with Gasteiger partial charge in [-0.15, -0.1) is 0 Å². The van der Waals surface area contributed by atoms with Crippen molar-refractivity contribution in [1.82, 2.24) is 9.78 Å². The number of aryl methyl sites for hydroxylation is 2. The average molecular weight is 364 g/mol. The van der Waals surface area contributed by atoms with E-state index in [4.69, 9.17) is 9.52 Å². The van der Waals surface area contributed by atoms with Crippen LogP contribution in [0.5, 0.6) is 0 Å². The third kappa shape index (κ3) is 2.70. The number of halogens is 1. The number of hydrogen-bond acceptors (Lipinski definition) is 5. The Hall–Kier alpha value is -1.81. The molecule has 10 heteroatoms. The van der Waals surface area contributed by atoms with Crippen LogP contribution in [-0.4, -0.2) is 29.3 Å². The predicted octanol–water partition coefficient (Wildman–Crippen LogP) is 1.58. The summed E-state index contributed by atoms with van der Waals surface area (Å²) < 4.78 is 32.8. The molecule has 0 saturated heterocycles. The third-order valence-electron chi connectivity index (χ3n) is 2.41. The van der Waals surface area contributed by atoms with Gasteiger partial charge in [-0.2, -0.15) is 5.10 Å². The molecule has 0 aliphatic rings. The van der Waals surface area contributed by atoms with Crippen molar-refractivity contribution in [2.24, 2.45) is 7.05 Å². The summed E-state index contributed by atoms with van der Waals surface area (Å²) in [5.74, 6) is -1.83. The minimum Gasteiger partial charge on any atom is -0.475 e. The van der Waals surface area contributed by atoms with Gasteiger partial charge in [0.2, 0.25) is 5.76 Å². The van der Waals surface area contributed by atoms with Gasteiger partial charge in [0.1, 0.15) is 4.90 Å². The first-order valence-corrected chi connectivity index (χ1v) is 7.54. The molecule has 0 amide bonds. The highest BCUT2D eigenvalue weighted by Gasteiger charge is 2.25. The molecule has 2 N–H and O–H groups in total. The number of aromatic carboxylic acids is 1. The molecule has 2 aromatic heterocycles. The quantitative estimate of drug-likeness (QED) is 0.851. The maximum absolute atomic E-state index is 12.2. The van der Waals surface area contributed by atoms with Gasteiger partial charge < -0.3 is 9.52 Å². The number of carboxylic acid groups (broad SMARTS) is 1. The Kier molecular flexibility index (Phi) is 3.61. The molecule has 0 atom stereocenters. The van der Waals surface area contributed by atoms with E-state index in [0.717, 1.165) is 6.07 Å². The lowest BCUT2D eigenvalue weighted by atomic mass is 10.4. The smallest absolute Gasteiger partial charge is 0.371 e. The summed E-state index contributed by atoms with van der Waals surface area (Å²) in [6, 6.07) is 0.931. The van der Waals surface area contributed by atoms with Crippen LogP contribution in [0, 0.1) is 6.92 Å². The summed E-state index contributed by atoms with van der Waals surface area (Å²) in [6.45, 7) is 1.64. The first kappa shape index (κ1) is 14.6. The number of furan rings is 1. The highest BCUT2D eigenvalue weighted by molar-refractivity contribution is 9.10. The van der Waals surface area contributed by atoms with Crippen molar-refractivity contribution < 1.29 is 22.7 Å². The molecular weight excluding hydrogens is 354 g/mol. The Morgan fingerprint density at radius 1 is 1.55 bits per heavy atom. The third-order valence-corrected chi connectivity index (χ3v) is 4.64. The number of nitrogens with zero attached hydrogens (tertiary/aromatic N) is 2. The van der Waals surface area contributed by atoms with E-state index in [-0.39, 0.29) is 9.56 Å². The molecule has 8 nitrogen and oxygen atoms in total. The fourth-order valence-corrected chi connectivity index (χ4v) is 3.58. The molecule has 0 radical (unpaired) electrons. The number of aromatic nitrogens is 2. The van der Waals surface area contributed by atoms with E-state index in [1.165, 1.54) is 10.9 Å². The van der Waals surface area contributed by atoms with Gasteiger partial charge in [-0.05, 0) is 22.9 Å². The van der Waals surface area contributed by atoms with E-state index in [0.29, 0.717) is 11.4 Å². The van der Waals surface area contributed by atoms with Crippen molar-refractivity contribution in [3.8, 4) is 0 Å². The van der Waals surface area contributed by atoms with E-state index in [2.05, 4.69) is 25.8 Å². The Labute approximate surface area is 122 Å². The number of carboxylic acids is 1. The van der Waals surface area contributed by atoms with Gasteiger partial charge in [-0.3, -0.25) is 9.40 Å². The lowest BCUT2D eigenvalue weighted by molar-refractivity contribution is 0.0661. The van der Waals surface area contributed by atoms with E-state index >= 15 is 0 Å². The molecule has 0 saturated carbocycles. The monoisotopic (exact) mass is 363 g/mol. The molecule has 0 aliphatic carbocycles. The lowest BCUT2D eigenvalue weighted by Crippen LogP contribution is -2.13. The van der Waals surface area contributed by atoms with Crippen LogP contribution in [-0.2, 0) is 17.1 Å². The van der Waals surface area contributed by atoms with Crippen LogP contribution in [0.25, 0.3) is 0 Å². The largest absolute Gasteiger partial charge is 0.475 e. The molecule has 2 aromatic rings. The van der Waals surface area contributed by atoms with E-state index in [1.807, 2.05) is 0 Å². The van der Waals surface area contributed by atoms with E-state index in [1.54, 1.807) is 14.0 Å². The number of carbonyl (C=O) groups is 1. The van der Waals surface area contributed by atoms with Crippen molar-refractivity contribution in [2.75, 3.05) is 4.72 Å². The van der Waals surface area contributed by atoms with E-state index in [9.17, 15) is 13.2 Å². The summed E-state index contributed by atoms with van der Waals surface area (Å²) in [5.41, 5.74) is 0.798. The standard InChI is InChI=1S/C10H10BrN3O5S/c1-5-6(4-14(2)12-5)13-20(17,18)8-3-7(10(15)16)19-9(8)11/h3-4,13H,1-2H3,(H,15,16). The molecule has 0 bridgehead atoms. The fraction of sp³-hybridized carbons (Fsp3) is 0.200. The second-order valence-corrected chi connectivity index (χ2v) is 6.33. The summed E-state index contributed by atoms with van der Waals surface area (Å²) in [7, 11) is -2.32. The van der Waals surface area contributed by atoms with Gasteiger partial charge in [-0.1, -0.05) is 0 Å². The van der Waals surface area contributed by atoms with Crippen LogP contribution in [0.15, 0.2) is 26.2 Å². The Balaban J connectivity index is 2.40. The van der Waals surface area contributed by atoms with Crippen molar-refractivity contribution in [1.29, 1.82) is 0 Å². The molecule has 0 unspecified atom stereocenters. The van der Waals surface area contributed by atoms with Gasteiger partial charge in [0.25, 0.3) is 10.0 Å². The highest BCUT2D eigenvalue weighted by Crippen LogP contribution is 2.28. The van der Waals surface area contributed by atoms with Crippen molar-refractivity contribution in [2.45, 2.75) is 11.8 Å². The van der Waals surface area contributed by atoms with Crippen LogP contribution >= 0.6 is 15.9 Å². The summed E-state index contributed by atoms with van der Waals surface area (Å²) in [4.78, 5) is 10.5. The van der Waals surface area contributed by atoms with Crippen molar-refractivity contribution >= 4 is 37.6 Å². The first-order chi connectivity index (χ1) is 9.20. The molecule has 0 fully saturated rings. The maximum atomic E-state index is 12.2. The molecule has 2 rings (SSSR count). The van der Waals surface area contributed by atoms with Gasteiger partial charge in [-0.25, -0.2) is 13.2 Å². The van der Waals surface area contributed by atoms with E-state index < -0.39 is 21.8 Å². The summed E-state index contributed by atoms with van der Waals surface area (Å²) in [5, 5.41) is 12.8. The first-order valence-electron chi connectivity index (χ1n) is 5.26. The number of rotatable bonds is 4. The summed E-state index contributed by atoms with van der Waals surface area (Å²) in [6.07, 6.45) is 1.50. The SMILES string of the molecule is Cc1nn(C)cc1NS(=O)(=O)c1cc(C(=O)O)oc1Br. The fourth-order valence-electron chi connectivity index (χ4n) is 1.54. The molecular formula is C10H10BrN3O5S. The molecule has 0 aliphatic heterocycles. The van der Waals surface area contributed by atoms with Gasteiger partial charge in [0.05, 0.1) is 11.4 Å². The zero-order valence-electron chi connectivity index (χ0n) is 10.4. The molecule has 108 valence electrons. The predicted molar refractivity (Wildman–Crippen MR) is 72.1 cm³/mol. The minimum absolute atomic E-state index is 0.177. The minimum atomic E-state index is -3.97. The van der Waals surface area contributed by atoms with Gasteiger partial charge >= 0.3 is 5.97 Å². The molecule has 0 spiro atoms. The van der Waals surface area contributed by atoms with Crippen LogP contribution in [0.2, 0.25) is 0 Å². The number of anilines is 1. The Bertz CT molecular complexity index is 777. The van der Waals surface area contributed by atoms with Crippen molar-refractivity contribution in [3.05, 3.63) is 28.4 Å².